The Hall–Kier alpha value is -1.68. The lowest BCUT2D eigenvalue weighted by Gasteiger charge is -2.08. The summed E-state index contributed by atoms with van der Waals surface area (Å²) in [5, 5.41) is 10.1. The van der Waals surface area contributed by atoms with Gasteiger partial charge in [-0.2, -0.15) is 0 Å². The third-order valence-electron chi connectivity index (χ3n) is 2.15. The predicted molar refractivity (Wildman–Crippen MR) is 61.1 cm³/mol. The van der Waals surface area contributed by atoms with Crippen molar-refractivity contribution in [3.8, 4) is 17.5 Å². The van der Waals surface area contributed by atoms with E-state index in [-0.39, 0.29) is 5.75 Å². The molecule has 2 aromatic rings. The molecule has 0 bridgehead atoms. The van der Waals surface area contributed by atoms with Crippen LogP contribution in [0.2, 0.25) is 5.15 Å². The molecule has 0 aliphatic carbocycles. The maximum absolute atomic E-state index is 9.55. The number of rotatable bonds is 3. The molecule has 16 heavy (non-hydrogen) atoms. The number of ether oxygens (including phenoxy) is 1. The summed E-state index contributed by atoms with van der Waals surface area (Å²) < 4.78 is 7.17. The van der Waals surface area contributed by atoms with Crippen LogP contribution in [0.4, 0.5) is 0 Å². The van der Waals surface area contributed by atoms with E-state index in [0.29, 0.717) is 23.5 Å². The number of aromatic nitrogens is 2. The molecule has 4 nitrogen and oxygen atoms in total. The molecular formula is C11H11ClN2O2. The van der Waals surface area contributed by atoms with E-state index in [2.05, 4.69) is 4.98 Å². The third kappa shape index (κ3) is 1.97. The van der Waals surface area contributed by atoms with Gasteiger partial charge < -0.3 is 9.84 Å². The van der Waals surface area contributed by atoms with Crippen molar-refractivity contribution in [1.29, 1.82) is 0 Å². The summed E-state index contributed by atoms with van der Waals surface area (Å²) in [6.07, 6.45) is 1.51. The molecule has 1 N–H and O–H groups in total. The number of imidazole rings is 1. The molecule has 0 radical (unpaired) electrons. The average molecular weight is 239 g/mol. The summed E-state index contributed by atoms with van der Waals surface area (Å²) in [6.45, 7) is 2.59. The lowest BCUT2D eigenvalue weighted by Crippen LogP contribution is -1.98. The summed E-state index contributed by atoms with van der Waals surface area (Å²) in [5.41, 5.74) is 0. The highest BCUT2D eigenvalue weighted by Crippen LogP contribution is 2.30. The molecule has 1 aromatic carbocycles. The second kappa shape index (κ2) is 4.45. The Morgan fingerprint density at radius 2 is 2.19 bits per heavy atom. The first kappa shape index (κ1) is 10.8. The van der Waals surface area contributed by atoms with Gasteiger partial charge in [0.2, 0.25) is 0 Å². The number of aromatic hydroxyl groups is 1. The fourth-order valence-electron chi connectivity index (χ4n) is 1.35. The zero-order chi connectivity index (χ0) is 11.5. The van der Waals surface area contributed by atoms with Crippen molar-refractivity contribution in [2.75, 3.05) is 0 Å². The molecule has 2 rings (SSSR count). The van der Waals surface area contributed by atoms with Crippen LogP contribution in [0.5, 0.6) is 17.5 Å². The fraction of sp³-hybridized carbons (Fsp3) is 0.182. The summed E-state index contributed by atoms with van der Waals surface area (Å²) in [6, 6.07) is 7.08. The van der Waals surface area contributed by atoms with Crippen molar-refractivity contribution >= 4 is 11.6 Å². The smallest absolute Gasteiger partial charge is 0.303 e. The molecule has 0 fully saturated rings. The molecule has 1 heterocycles. The van der Waals surface area contributed by atoms with Gasteiger partial charge in [0.15, 0.2) is 11.5 Å². The van der Waals surface area contributed by atoms with E-state index in [9.17, 15) is 5.11 Å². The van der Waals surface area contributed by atoms with E-state index in [1.807, 2.05) is 6.92 Å². The Morgan fingerprint density at radius 1 is 1.44 bits per heavy atom. The molecule has 0 atom stereocenters. The van der Waals surface area contributed by atoms with Crippen LogP contribution in [0, 0.1) is 0 Å². The van der Waals surface area contributed by atoms with Gasteiger partial charge in [-0.3, -0.25) is 4.57 Å². The topological polar surface area (TPSA) is 47.3 Å². The average Bonchev–Trinajstić information content (AvgIpc) is 2.63. The molecule has 0 aliphatic heterocycles. The van der Waals surface area contributed by atoms with Crippen LogP contribution < -0.4 is 4.74 Å². The first-order valence-corrected chi connectivity index (χ1v) is 5.27. The van der Waals surface area contributed by atoms with Crippen molar-refractivity contribution in [3.05, 3.63) is 35.6 Å². The summed E-state index contributed by atoms with van der Waals surface area (Å²) in [7, 11) is 0. The van der Waals surface area contributed by atoms with E-state index in [4.69, 9.17) is 16.3 Å². The molecule has 84 valence electrons. The van der Waals surface area contributed by atoms with E-state index < -0.39 is 0 Å². The summed E-state index contributed by atoms with van der Waals surface area (Å²) >= 11 is 5.91. The highest BCUT2D eigenvalue weighted by molar-refractivity contribution is 6.29. The minimum atomic E-state index is 0.0734. The molecule has 0 saturated carbocycles. The minimum absolute atomic E-state index is 0.0734. The van der Waals surface area contributed by atoms with Gasteiger partial charge in [-0.05, 0) is 19.1 Å². The number of para-hydroxylation sites is 2. The van der Waals surface area contributed by atoms with Crippen LogP contribution >= 0.6 is 11.6 Å². The molecule has 0 spiro atoms. The fourth-order valence-corrected chi connectivity index (χ4v) is 1.59. The maximum Gasteiger partial charge on any atom is 0.303 e. The number of phenols is 1. The zero-order valence-corrected chi connectivity index (χ0v) is 9.48. The largest absolute Gasteiger partial charge is 0.504 e. The van der Waals surface area contributed by atoms with Gasteiger partial charge in [-0.25, -0.2) is 4.98 Å². The zero-order valence-electron chi connectivity index (χ0n) is 8.72. The van der Waals surface area contributed by atoms with Gasteiger partial charge in [0, 0.05) is 6.54 Å². The van der Waals surface area contributed by atoms with Gasteiger partial charge in [-0.1, -0.05) is 23.7 Å². The Kier molecular flexibility index (Phi) is 3.01. The Morgan fingerprint density at radius 3 is 2.88 bits per heavy atom. The van der Waals surface area contributed by atoms with Crippen LogP contribution in [0.25, 0.3) is 0 Å². The van der Waals surface area contributed by atoms with Gasteiger partial charge in [-0.15, -0.1) is 0 Å². The van der Waals surface area contributed by atoms with Crippen molar-refractivity contribution < 1.29 is 9.84 Å². The maximum atomic E-state index is 9.55. The van der Waals surface area contributed by atoms with Crippen LogP contribution in [0.3, 0.4) is 0 Å². The molecular weight excluding hydrogens is 228 g/mol. The number of hydrogen-bond acceptors (Lipinski definition) is 3. The highest BCUT2D eigenvalue weighted by atomic mass is 35.5. The molecule has 1 aromatic heterocycles. The van der Waals surface area contributed by atoms with Gasteiger partial charge >= 0.3 is 6.01 Å². The van der Waals surface area contributed by atoms with Crippen molar-refractivity contribution in [3.63, 3.8) is 0 Å². The first-order chi connectivity index (χ1) is 7.72. The van der Waals surface area contributed by atoms with E-state index in [1.165, 1.54) is 6.20 Å². The summed E-state index contributed by atoms with van der Waals surface area (Å²) in [5.74, 6) is 0.434. The van der Waals surface area contributed by atoms with Crippen molar-refractivity contribution in [2.24, 2.45) is 0 Å². The van der Waals surface area contributed by atoms with E-state index in [1.54, 1.807) is 28.8 Å². The molecule has 5 heteroatoms. The number of hydrogen-bond donors (Lipinski definition) is 1. The lowest BCUT2D eigenvalue weighted by atomic mass is 10.3. The second-order valence-corrected chi connectivity index (χ2v) is 3.56. The number of phenolic OH excluding ortho intramolecular Hbond substituents is 1. The number of benzene rings is 1. The molecule has 0 amide bonds. The normalized spacial score (nSPS) is 10.4. The van der Waals surface area contributed by atoms with Crippen LogP contribution in [0.1, 0.15) is 6.92 Å². The molecule has 0 unspecified atom stereocenters. The van der Waals surface area contributed by atoms with E-state index >= 15 is 0 Å². The Bertz CT molecular complexity index is 496. The van der Waals surface area contributed by atoms with Crippen molar-refractivity contribution in [1.82, 2.24) is 9.55 Å². The second-order valence-electron chi connectivity index (χ2n) is 3.18. The lowest BCUT2D eigenvalue weighted by molar-refractivity contribution is 0.378. The standard InChI is InChI=1S/C11H11ClN2O2/c1-2-14-10(12)7-13-11(14)16-9-6-4-3-5-8(9)15/h3-7,15H,2H2,1H3. The van der Waals surface area contributed by atoms with Gasteiger partial charge in [0.05, 0.1) is 6.20 Å². The third-order valence-corrected chi connectivity index (χ3v) is 2.45. The van der Waals surface area contributed by atoms with Gasteiger partial charge in [0.1, 0.15) is 5.15 Å². The first-order valence-electron chi connectivity index (χ1n) is 4.89. The Balaban J connectivity index is 2.31. The minimum Gasteiger partial charge on any atom is -0.504 e. The highest BCUT2D eigenvalue weighted by Gasteiger charge is 2.10. The monoisotopic (exact) mass is 238 g/mol. The molecule has 0 saturated heterocycles. The van der Waals surface area contributed by atoms with E-state index in [0.717, 1.165) is 0 Å². The number of nitrogens with zero attached hydrogens (tertiary/aromatic N) is 2. The Labute approximate surface area is 98.1 Å². The predicted octanol–water partition coefficient (Wildman–Crippen LogP) is 3.05. The SMILES string of the molecule is CCn1c(Cl)cnc1Oc1ccccc1O. The molecule has 0 aliphatic rings. The number of halogens is 1. The van der Waals surface area contributed by atoms with Gasteiger partial charge in [0.25, 0.3) is 0 Å². The van der Waals surface area contributed by atoms with Crippen LogP contribution in [-0.4, -0.2) is 14.7 Å². The van der Waals surface area contributed by atoms with Crippen molar-refractivity contribution in [2.45, 2.75) is 13.5 Å². The van der Waals surface area contributed by atoms with Crippen LogP contribution in [0.15, 0.2) is 30.5 Å². The van der Waals surface area contributed by atoms with Crippen LogP contribution in [-0.2, 0) is 6.54 Å². The summed E-state index contributed by atoms with van der Waals surface area (Å²) in [4.78, 5) is 4.02. The quantitative estimate of drug-likeness (QED) is 0.894.